The summed E-state index contributed by atoms with van der Waals surface area (Å²) in [6, 6.07) is 20.2. The third-order valence-electron chi connectivity index (χ3n) is 5.05. The molecule has 2 heterocycles. The van der Waals surface area contributed by atoms with Crippen molar-refractivity contribution in [3.8, 4) is 5.75 Å². The van der Waals surface area contributed by atoms with Crippen LogP contribution >= 0.6 is 0 Å². The van der Waals surface area contributed by atoms with Gasteiger partial charge >= 0.3 is 6.03 Å². The number of hydrogen-bond donors (Lipinski definition) is 2. The lowest BCUT2D eigenvalue weighted by atomic mass is 9.99. The molecule has 1 aliphatic rings. The van der Waals surface area contributed by atoms with E-state index < -0.39 is 6.03 Å². The monoisotopic (exact) mass is 402 g/mol. The van der Waals surface area contributed by atoms with Crippen molar-refractivity contribution in [2.24, 2.45) is 0 Å². The molecule has 1 unspecified atom stereocenters. The fourth-order valence-electron chi connectivity index (χ4n) is 3.58. The minimum Gasteiger partial charge on any atom is -0.495 e. The summed E-state index contributed by atoms with van der Waals surface area (Å²) in [5.41, 5.74) is 2.41. The third kappa shape index (κ3) is 4.25. The Kier molecular flexibility index (Phi) is 5.61. The number of nitrogens with one attached hydrogen (secondary N) is 2. The number of ether oxygens (including phenoxy) is 1. The number of carbonyl (C=O) groups is 2. The topological polar surface area (TPSA) is 83.6 Å². The van der Waals surface area contributed by atoms with E-state index in [0.29, 0.717) is 35.9 Å². The fourth-order valence-corrected chi connectivity index (χ4v) is 3.58. The second-order valence-electron chi connectivity index (χ2n) is 6.99. The van der Waals surface area contributed by atoms with E-state index in [1.54, 1.807) is 48.5 Å². The van der Waals surface area contributed by atoms with Crippen LogP contribution in [0.3, 0.4) is 0 Å². The van der Waals surface area contributed by atoms with Crippen molar-refractivity contribution in [2.45, 2.75) is 12.3 Å². The minimum atomic E-state index is -0.445. The van der Waals surface area contributed by atoms with Crippen LogP contribution in [0.15, 0.2) is 72.9 Å². The number of carbonyl (C=O) groups excluding carboxylic acids is 2. The molecule has 4 rings (SSSR count). The lowest BCUT2D eigenvalue weighted by Gasteiger charge is -2.18. The molecule has 1 fully saturated rings. The highest BCUT2D eigenvalue weighted by Gasteiger charge is 2.31. The van der Waals surface area contributed by atoms with E-state index in [0.717, 1.165) is 5.56 Å². The Morgan fingerprint density at radius 1 is 1.07 bits per heavy atom. The Morgan fingerprint density at radius 2 is 1.83 bits per heavy atom. The largest absolute Gasteiger partial charge is 0.495 e. The molecule has 0 bridgehead atoms. The van der Waals surface area contributed by atoms with Crippen LogP contribution in [0, 0.1) is 0 Å². The highest BCUT2D eigenvalue weighted by atomic mass is 16.5. The number of anilines is 3. The Labute approximate surface area is 174 Å². The summed E-state index contributed by atoms with van der Waals surface area (Å²) in [5, 5.41) is 5.45. The number of para-hydroxylation sites is 2. The molecule has 0 saturated carbocycles. The summed E-state index contributed by atoms with van der Waals surface area (Å²) in [6.45, 7) is 0.597. The number of hydrogen-bond acceptors (Lipinski definition) is 4. The van der Waals surface area contributed by atoms with Crippen molar-refractivity contribution >= 4 is 29.1 Å². The number of benzene rings is 2. The number of pyridine rings is 1. The average Bonchev–Trinajstić information content (AvgIpc) is 3.16. The van der Waals surface area contributed by atoms with Crippen LogP contribution in [0.2, 0.25) is 0 Å². The highest BCUT2D eigenvalue weighted by molar-refractivity contribution is 6.01. The molecule has 1 aromatic heterocycles. The van der Waals surface area contributed by atoms with Gasteiger partial charge in [-0.2, -0.15) is 0 Å². The molecule has 7 heteroatoms. The van der Waals surface area contributed by atoms with Crippen LogP contribution in [0.25, 0.3) is 0 Å². The maximum atomic E-state index is 12.6. The number of urea groups is 1. The number of amides is 3. The first-order chi connectivity index (χ1) is 14.6. The molecule has 1 atom stereocenters. The quantitative estimate of drug-likeness (QED) is 0.668. The maximum absolute atomic E-state index is 12.6. The van der Waals surface area contributed by atoms with Gasteiger partial charge in [-0.15, -0.1) is 0 Å². The third-order valence-corrected chi connectivity index (χ3v) is 5.05. The molecule has 1 aliphatic heterocycles. The zero-order valence-corrected chi connectivity index (χ0v) is 16.5. The van der Waals surface area contributed by atoms with E-state index in [1.165, 1.54) is 0 Å². The van der Waals surface area contributed by atoms with Crippen LogP contribution < -0.4 is 20.3 Å². The van der Waals surface area contributed by atoms with Crippen molar-refractivity contribution < 1.29 is 14.3 Å². The summed E-state index contributed by atoms with van der Waals surface area (Å²) in [7, 11) is 1.54. The van der Waals surface area contributed by atoms with Crippen LogP contribution in [0.1, 0.15) is 17.9 Å². The van der Waals surface area contributed by atoms with Gasteiger partial charge in [-0.05, 0) is 23.8 Å². The first-order valence-corrected chi connectivity index (χ1v) is 9.66. The summed E-state index contributed by atoms with van der Waals surface area (Å²) in [5.74, 6) is 1.12. The molecule has 152 valence electrons. The molecule has 30 heavy (non-hydrogen) atoms. The van der Waals surface area contributed by atoms with E-state index in [1.807, 2.05) is 36.4 Å². The second-order valence-corrected chi connectivity index (χ2v) is 6.99. The standard InChI is InChI=1S/C23H22N4O3/c1-30-20-10-6-5-9-19(20)25-23(29)26-21-14-18(11-12-24-21)27-15-17(13-22(27)28)16-7-3-2-4-8-16/h2-12,14,17H,13,15H2,1H3,(H2,24,25,26,29). The molecular formula is C23H22N4O3. The van der Waals surface area contributed by atoms with Gasteiger partial charge in [0.25, 0.3) is 0 Å². The minimum absolute atomic E-state index is 0.0551. The molecule has 3 aromatic rings. The molecule has 0 aliphatic carbocycles. The van der Waals surface area contributed by atoms with Gasteiger partial charge in [-0.1, -0.05) is 42.5 Å². The number of aromatic nitrogens is 1. The fraction of sp³-hybridized carbons (Fsp3) is 0.174. The lowest BCUT2D eigenvalue weighted by Crippen LogP contribution is -2.25. The maximum Gasteiger partial charge on any atom is 0.324 e. The van der Waals surface area contributed by atoms with Crippen molar-refractivity contribution in [2.75, 3.05) is 29.2 Å². The summed E-state index contributed by atoms with van der Waals surface area (Å²) < 4.78 is 5.24. The Balaban J connectivity index is 1.45. The molecule has 7 nitrogen and oxygen atoms in total. The van der Waals surface area contributed by atoms with E-state index in [2.05, 4.69) is 15.6 Å². The van der Waals surface area contributed by atoms with E-state index >= 15 is 0 Å². The lowest BCUT2D eigenvalue weighted by molar-refractivity contribution is -0.117. The van der Waals surface area contributed by atoms with Gasteiger partial charge in [-0.3, -0.25) is 10.1 Å². The predicted octanol–water partition coefficient (Wildman–Crippen LogP) is 4.25. The van der Waals surface area contributed by atoms with Gasteiger partial charge in [0, 0.05) is 36.8 Å². The van der Waals surface area contributed by atoms with E-state index in [-0.39, 0.29) is 11.8 Å². The van der Waals surface area contributed by atoms with Gasteiger partial charge in [-0.25, -0.2) is 9.78 Å². The van der Waals surface area contributed by atoms with Crippen LogP contribution in [-0.2, 0) is 4.79 Å². The zero-order valence-electron chi connectivity index (χ0n) is 16.5. The zero-order chi connectivity index (χ0) is 20.9. The van der Waals surface area contributed by atoms with Crippen molar-refractivity contribution in [3.63, 3.8) is 0 Å². The average molecular weight is 402 g/mol. The normalized spacial score (nSPS) is 15.7. The number of rotatable bonds is 5. The van der Waals surface area contributed by atoms with Gasteiger partial charge in [0.2, 0.25) is 5.91 Å². The number of methoxy groups -OCH3 is 1. The van der Waals surface area contributed by atoms with Crippen molar-refractivity contribution in [1.29, 1.82) is 0 Å². The van der Waals surface area contributed by atoms with Crippen molar-refractivity contribution in [3.05, 3.63) is 78.5 Å². The molecule has 0 radical (unpaired) electrons. The Bertz CT molecular complexity index is 1060. The van der Waals surface area contributed by atoms with E-state index in [9.17, 15) is 9.59 Å². The van der Waals surface area contributed by atoms with Gasteiger partial charge in [0.05, 0.1) is 12.8 Å². The Hall–Kier alpha value is -3.87. The van der Waals surface area contributed by atoms with Gasteiger partial charge < -0.3 is 15.0 Å². The molecule has 2 N–H and O–H groups in total. The molecule has 2 aromatic carbocycles. The van der Waals surface area contributed by atoms with Crippen LogP contribution in [0.4, 0.5) is 22.0 Å². The SMILES string of the molecule is COc1ccccc1NC(=O)Nc1cc(N2CC(c3ccccc3)CC2=O)ccn1. The smallest absolute Gasteiger partial charge is 0.324 e. The molecule has 0 spiro atoms. The van der Waals surface area contributed by atoms with Gasteiger partial charge in [0.15, 0.2) is 0 Å². The van der Waals surface area contributed by atoms with Crippen LogP contribution in [-0.4, -0.2) is 30.6 Å². The molecule has 3 amide bonds. The highest BCUT2D eigenvalue weighted by Crippen LogP contribution is 2.32. The summed E-state index contributed by atoms with van der Waals surface area (Å²) in [4.78, 5) is 30.9. The summed E-state index contributed by atoms with van der Waals surface area (Å²) in [6.07, 6.45) is 2.04. The first-order valence-electron chi connectivity index (χ1n) is 9.66. The molecule has 1 saturated heterocycles. The van der Waals surface area contributed by atoms with Crippen molar-refractivity contribution in [1.82, 2.24) is 4.98 Å². The molecular weight excluding hydrogens is 380 g/mol. The van der Waals surface area contributed by atoms with Crippen LogP contribution in [0.5, 0.6) is 5.75 Å². The van der Waals surface area contributed by atoms with E-state index in [4.69, 9.17) is 4.74 Å². The summed E-state index contributed by atoms with van der Waals surface area (Å²) >= 11 is 0. The first kappa shape index (κ1) is 19.4. The predicted molar refractivity (Wildman–Crippen MR) is 116 cm³/mol. The number of nitrogens with zero attached hydrogens (tertiary/aromatic N) is 2. The van der Waals surface area contributed by atoms with Gasteiger partial charge in [0.1, 0.15) is 11.6 Å². The Morgan fingerprint density at radius 3 is 2.63 bits per heavy atom. The second kappa shape index (κ2) is 8.65.